The molecule has 2 N–H and O–H groups in total. The van der Waals surface area contributed by atoms with Crippen molar-refractivity contribution in [3.63, 3.8) is 0 Å². The van der Waals surface area contributed by atoms with Crippen LogP contribution in [0.4, 0.5) is 5.13 Å². The highest BCUT2D eigenvalue weighted by Gasteiger charge is 2.27. The zero-order valence-electron chi connectivity index (χ0n) is 10.3. The van der Waals surface area contributed by atoms with Crippen molar-refractivity contribution in [2.24, 2.45) is 0 Å². The molecule has 0 bridgehead atoms. The molecule has 0 fully saturated rings. The largest absolute Gasteiger partial charge is 0.478 e. The lowest BCUT2D eigenvalue weighted by Gasteiger charge is -2.20. The molecule has 0 spiro atoms. The van der Waals surface area contributed by atoms with Crippen LogP contribution < -0.4 is 5.32 Å². The average molecular weight is 270 g/mol. The number of carboxylic acid groups (broad SMARTS) is 1. The first-order valence-corrected chi connectivity index (χ1v) is 5.90. The summed E-state index contributed by atoms with van der Waals surface area (Å²) in [5.41, 5.74) is -0.942. The Kier molecular flexibility index (Phi) is 4.57. The predicted octanol–water partition coefficient (Wildman–Crippen LogP) is 1.60. The van der Waals surface area contributed by atoms with Gasteiger partial charge in [-0.25, -0.2) is 9.78 Å². The van der Waals surface area contributed by atoms with Gasteiger partial charge in [-0.2, -0.15) is 0 Å². The Morgan fingerprint density at radius 3 is 2.78 bits per heavy atom. The molecule has 0 aliphatic rings. The molecule has 0 aromatic carbocycles. The van der Waals surface area contributed by atoms with Crippen molar-refractivity contribution in [2.45, 2.75) is 19.4 Å². The van der Waals surface area contributed by atoms with Crippen LogP contribution in [0.1, 0.15) is 18.7 Å². The molecule has 1 aromatic heterocycles. The second-order valence-electron chi connectivity index (χ2n) is 3.91. The first kappa shape index (κ1) is 14.3. The van der Waals surface area contributed by atoms with E-state index in [-0.39, 0.29) is 5.91 Å². The molecule has 0 atom stereocenters. The van der Waals surface area contributed by atoms with Gasteiger partial charge in [-0.3, -0.25) is 10.1 Å². The van der Waals surface area contributed by atoms with Crippen molar-refractivity contribution < 1.29 is 19.4 Å². The van der Waals surface area contributed by atoms with Crippen LogP contribution in [-0.2, 0) is 14.3 Å². The van der Waals surface area contributed by atoms with Crippen LogP contribution in [0.15, 0.2) is 12.3 Å². The third-order valence-electron chi connectivity index (χ3n) is 2.19. The maximum atomic E-state index is 11.8. The Labute approximate surface area is 108 Å². The number of carbonyl (C=O) groups excluding carboxylic acids is 1. The van der Waals surface area contributed by atoms with Gasteiger partial charge in [0.2, 0.25) is 0 Å². The molecule has 1 heterocycles. The quantitative estimate of drug-likeness (QED) is 0.793. The molecule has 1 aromatic rings. The Hall–Kier alpha value is -1.73. The fraction of sp³-hybridized carbons (Fsp3) is 0.364. The third-order valence-corrected chi connectivity index (χ3v) is 3.07. The highest BCUT2D eigenvalue weighted by atomic mass is 32.1. The van der Waals surface area contributed by atoms with Gasteiger partial charge in [0.25, 0.3) is 5.91 Å². The summed E-state index contributed by atoms with van der Waals surface area (Å²) in [6, 6.07) is 0. The van der Waals surface area contributed by atoms with Gasteiger partial charge >= 0.3 is 5.97 Å². The van der Waals surface area contributed by atoms with Gasteiger partial charge in [-0.15, -0.1) is 0 Å². The second-order valence-corrected chi connectivity index (χ2v) is 4.97. The molecule has 0 unspecified atom stereocenters. The number of anilines is 1. The van der Waals surface area contributed by atoms with E-state index in [1.54, 1.807) is 13.8 Å². The molecular formula is C11H14N2O4S. The number of carboxylic acids is 1. The SMILES string of the molecule is COC(C)(C)C(=O)Nc1ncc(/C=C/C(=O)O)s1. The molecule has 0 radical (unpaired) electrons. The molecule has 0 aliphatic heterocycles. The summed E-state index contributed by atoms with van der Waals surface area (Å²) in [4.78, 5) is 26.7. The molecular weight excluding hydrogens is 256 g/mol. The minimum absolute atomic E-state index is 0.312. The summed E-state index contributed by atoms with van der Waals surface area (Å²) < 4.78 is 5.03. The van der Waals surface area contributed by atoms with Crippen LogP contribution in [0, 0.1) is 0 Å². The molecule has 0 saturated heterocycles. The normalized spacial score (nSPS) is 11.7. The Morgan fingerprint density at radius 2 is 2.22 bits per heavy atom. The minimum Gasteiger partial charge on any atom is -0.478 e. The number of thiazole rings is 1. The van der Waals surface area contributed by atoms with Gasteiger partial charge in [0.1, 0.15) is 5.60 Å². The number of methoxy groups -OCH3 is 1. The van der Waals surface area contributed by atoms with Crippen LogP contribution in [0.25, 0.3) is 6.08 Å². The van der Waals surface area contributed by atoms with Crippen LogP contribution >= 0.6 is 11.3 Å². The molecule has 0 saturated carbocycles. The van der Waals surface area contributed by atoms with E-state index in [0.29, 0.717) is 10.0 Å². The number of nitrogens with one attached hydrogen (secondary N) is 1. The van der Waals surface area contributed by atoms with Crippen molar-refractivity contribution in [1.82, 2.24) is 4.98 Å². The average Bonchev–Trinajstić information content (AvgIpc) is 2.74. The topological polar surface area (TPSA) is 88.5 Å². The van der Waals surface area contributed by atoms with Gasteiger partial charge < -0.3 is 9.84 Å². The van der Waals surface area contributed by atoms with E-state index in [1.165, 1.54) is 30.7 Å². The number of carbonyl (C=O) groups is 2. The molecule has 6 nitrogen and oxygen atoms in total. The first-order chi connectivity index (χ1) is 8.35. The molecule has 18 heavy (non-hydrogen) atoms. The summed E-state index contributed by atoms with van der Waals surface area (Å²) >= 11 is 1.18. The highest BCUT2D eigenvalue weighted by Crippen LogP contribution is 2.21. The number of aliphatic carboxylic acids is 1. The Bertz CT molecular complexity index is 479. The lowest BCUT2D eigenvalue weighted by atomic mass is 10.1. The number of hydrogen-bond acceptors (Lipinski definition) is 5. The molecule has 1 amide bonds. The third kappa shape index (κ3) is 3.94. The predicted molar refractivity (Wildman–Crippen MR) is 68.5 cm³/mol. The summed E-state index contributed by atoms with van der Waals surface area (Å²) in [6.45, 7) is 3.28. The van der Waals surface area contributed by atoms with E-state index in [1.807, 2.05) is 0 Å². The second kappa shape index (κ2) is 5.74. The number of nitrogens with zero attached hydrogens (tertiary/aromatic N) is 1. The monoisotopic (exact) mass is 270 g/mol. The molecule has 7 heteroatoms. The molecule has 98 valence electrons. The van der Waals surface area contributed by atoms with Crippen LogP contribution in [-0.4, -0.2) is 34.7 Å². The maximum Gasteiger partial charge on any atom is 0.328 e. The van der Waals surface area contributed by atoms with Crippen molar-refractivity contribution in [1.29, 1.82) is 0 Å². The minimum atomic E-state index is -1.03. The smallest absolute Gasteiger partial charge is 0.328 e. The van der Waals surface area contributed by atoms with Crippen molar-refractivity contribution in [3.8, 4) is 0 Å². The van der Waals surface area contributed by atoms with Crippen LogP contribution in [0.2, 0.25) is 0 Å². The fourth-order valence-corrected chi connectivity index (χ4v) is 1.63. The van der Waals surface area contributed by atoms with Crippen molar-refractivity contribution in [3.05, 3.63) is 17.2 Å². The van der Waals surface area contributed by atoms with Gasteiger partial charge in [0, 0.05) is 24.3 Å². The van der Waals surface area contributed by atoms with E-state index in [9.17, 15) is 9.59 Å². The van der Waals surface area contributed by atoms with Gasteiger partial charge in [-0.1, -0.05) is 11.3 Å². The Balaban J connectivity index is 2.70. The number of ether oxygens (including phenoxy) is 1. The summed E-state index contributed by atoms with van der Waals surface area (Å²) in [5, 5.41) is 11.5. The maximum absolute atomic E-state index is 11.8. The number of amides is 1. The first-order valence-electron chi connectivity index (χ1n) is 5.08. The molecule has 1 rings (SSSR count). The highest BCUT2D eigenvalue weighted by molar-refractivity contribution is 7.16. The zero-order chi connectivity index (χ0) is 13.8. The summed E-state index contributed by atoms with van der Waals surface area (Å²) in [7, 11) is 1.45. The van der Waals surface area contributed by atoms with E-state index in [2.05, 4.69) is 10.3 Å². The number of aromatic nitrogens is 1. The van der Waals surface area contributed by atoms with E-state index in [4.69, 9.17) is 9.84 Å². The fourth-order valence-electron chi connectivity index (χ4n) is 0.915. The van der Waals surface area contributed by atoms with Crippen LogP contribution in [0.3, 0.4) is 0 Å². The van der Waals surface area contributed by atoms with Crippen molar-refractivity contribution in [2.75, 3.05) is 12.4 Å². The summed E-state index contributed by atoms with van der Waals surface area (Å²) in [5.74, 6) is -1.34. The lowest BCUT2D eigenvalue weighted by molar-refractivity contribution is -0.133. The van der Waals surface area contributed by atoms with Crippen LogP contribution in [0.5, 0.6) is 0 Å². The molecule has 0 aliphatic carbocycles. The number of rotatable bonds is 5. The van der Waals surface area contributed by atoms with Gasteiger partial charge in [0.15, 0.2) is 5.13 Å². The summed E-state index contributed by atoms with van der Waals surface area (Å²) in [6.07, 6.45) is 3.91. The van der Waals surface area contributed by atoms with E-state index < -0.39 is 11.6 Å². The van der Waals surface area contributed by atoms with Gasteiger partial charge in [-0.05, 0) is 19.9 Å². The van der Waals surface area contributed by atoms with Gasteiger partial charge in [0.05, 0.1) is 0 Å². The van der Waals surface area contributed by atoms with E-state index in [0.717, 1.165) is 6.08 Å². The zero-order valence-corrected chi connectivity index (χ0v) is 11.1. The standard InChI is InChI=1S/C11H14N2O4S/c1-11(2,17-3)9(16)13-10-12-6-7(18-10)4-5-8(14)15/h4-6H,1-3H3,(H,14,15)(H,12,13,16)/b5-4+. The van der Waals surface area contributed by atoms with Crippen molar-refractivity contribution >= 4 is 34.4 Å². The Morgan fingerprint density at radius 1 is 1.56 bits per heavy atom. The number of hydrogen-bond donors (Lipinski definition) is 2. The lowest BCUT2D eigenvalue weighted by Crippen LogP contribution is -2.38. The van der Waals surface area contributed by atoms with E-state index >= 15 is 0 Å².